The van der Waals surface area contributed by atoms with Crippen LogP contribution in [0.2, 0.25) is 0 Å². The molecule has 1 rings (SSSR count). The molecule has 116 valence electrons. The Morgan fingerprint density at radius 3 is 2.62 bits per heavy atom. The van der Waals surface area contributed by atoms with E-state index in [0.717, 1.165) is 0 Å². The van der Waals surface area contributed by atoms with Crippen LogP contribution < -0.4 is 16.6 Å². The van der Waals surface area contributed by atoms with Gasteiger partial charge in [-0.1, -0.05) is 0 Å². The topological polar surface area (TPSA) is 139 Å². The minimum Gasteiger partial charge on any atom is -0.353 e. The van der Waals surface area contributed by atoms with Gasteiger partial charge in [0.05, 0.1) is 4.92 Å². The Balaban J connectivity index is 3.14. The molecule has 0 saturated heterocycles. The Morgan fingerprint density at radius 1 is 1.52 bits per heavy atom. The number of nitrogens with one attached hydrogen (secondary N) is 2. The van der Waals surface area contributed by atoms with Gasteiger partial charge < -0.3 is 10.2 Å². The van der Waals surface area contributed by atoms with Crippen molar-refractivity contribution in [3.8, 4) is 0 Å². The minimum absolute atomic E-state index is 0.0316. The summed E-state index contributed by atoms with van der Waals surface area (Å²) in [5, 5.41) is 13.9. The van der Waals surface area contributed by atoms with E-state index in [1.165, 1.54) is 11.8 Å². The van der Waals surface area contributed by atoms with Gasteiger partial charge in [-0.2, -0.15) is 4.98 Å². The lowest BCUT2D eigenvalue weighted by atomic mass is 10.2. The zero-order valence-electron chi connectivity index (χ0n) is 12.4. The number of nitrogens with two attached hydrogens (primary N) is 1. The zero-order chi connectivity index (χ0) is 16.2. The molecular formula is C11H19N7O3. The number of hydrogen-bond acceptors (Lipinski definition) is 8. The van der Waals surface area contributed by atoms with Crippen molar-refractivity contribution in [2.45, 2.75) is 26.8 Å². The highest BCUT2D eigenvalue weighted by Gasteiger charge is 2.25. The molecule has 21 heavy (non-hydrogen) atoms. The zero-order valence-corrected chi connectivity index (χ0v) is 12.4. The third-order valence-electron chi connectivity index (χ3n) is 2.94. The molecule has 1 unspecified atom stereocenters. The van der Waals surface area contributed by atoms with E-state index in [1.807, 2.05) is 6.92 Å². The van der Waals surface area contributed by atoms with E-state index in [-0.39, 0.29) is 29.1 Å². The summed E-state index contributed by atoms with van der Waals surface area (Å²) in [5.74, 6) is 5.00. The summed E-state index contributed by atoms with van der Waals surface area (Å²) in [7, 11) is 1.65. The van der Waals surface area contributed by atoms with Crippen molar-refractivity contribution in [2.75, 3.05) is 24.3 Å². The van der Waals surface area contributed by atoms with Crippen molar-refractivity contribution < 1.29 is 9.72 Å². The molecule has 0 fully saturated rings. The molecule has 0 spiro atoms. The fraction of sp³-hybridized carbons (Fsp3) is 0.545. The maximum absolute atomic E-state index is 12.0. The number of nitrogens with zero attached hydrogens (tertiary/aromatic N) is 4. The standard InChI is InChI=1S/C11H19N7O3/c1-5-17(4)10(19)7(3)13-9-8(18(20)21)6(2)14-11(15-9)16-12/h7H,5,12H2,1-4H3,(H2,13,14,15,16). The third-order valence-corrected chi connectivity index (χ3v) is 2.94. The van der Waals surface area contributed by atoms with Crippen LogP contribution in [-0.2, 0) is 4.79 Å². The average Bonchev–Trinajstić information content (AvgIpc) is 2.44. The van der Waals surface area contributed by atoms with Crippen molar-refractivity contribution in [2.24, 2.45) is 5.84 Å². The Bertz CT molecular complexity index is 549. The molecule has 0 radical (unpaired) electrons. The molecule has 0 aromatic carbocycles. The summed E-state index contributed by atoms with van der Waals surface area (Å²) in [6.45, 7) is 5.44. The second-order valence-electron chi connectivity index (χ2n) is 4.45. The highest BCUT2D eigenvalue weighted by molar-refractivity contribution is 5.84. The van der Waals surface area contributed by atoms with Crippen LogP contribution in [0.4, 0.5) is 17.5 Å². The van der Waals surface area contributed by atoms with Gasteiger partial charge in [0.25, 0.3) is 0 Å². The Labute approximate surface area is 121 Å². The van der Waals surface area contributed by atoms with E-state index in [0.29, 0.717) is 6.54 Å². The molecule has 4 N–H and O–H groups in total. The summed E-state index contributed by atoms with van der Waals surface area (Å²) >= 11 is 0. The number of nitro groups is 1. The van der Waals surface area contributed by atoms with E-state index >= 15 is 0 Å². The van der Waals surface area contributed by atoms with E-state index < -0.39 is 11.0 Å². The van der Waals surface area contributed by atoms with Crippen LogP contribution in [0.15, 0.2) is 0 Å². The number of aryl methyl sites for hydroxylation is 1. The van der Waals surface area contributed by atoms with E-state index in [2.05, 4.69) is 20.7 Å². The van der Waals surface area contributed by atoms with Crippen molar-refractivity contribution >= 4 is 23.4 Å². The summed E-state index contributed by atoms with van der Waals surface area (Å²) in [6, 6.07) is -0.673. The number of hydrogen-bond donors (Lipinski definition) is 3. The highest BCUT2D eigenvalue weighted by Crippen LogP contribution is 2.26. The summed E-state index contributed by atoms with van der Waals surface area (Å²) < 4.78 is 0. The summed E-state index contributed by atoms with van der Waals surface area (Å²) in [6.07, 6.45) is 0. The molecule has 0 aliphatic rings. The van der Waals surface area contributed by atoms with Gasteiger partial charge >= 0.3 is 5.69 Å². The van der Waals surface area contributed by atoms with Crippen LogP contribution >= 0.6 is 0 Å². The van der Waals surface area contributed by atoms with Crippen LogP contribution in [0.1, 0.15) is 19.5 Å². The van der Waals surface area contributed by atoms with E-state index in [4.69, 9.17) is 5.84 Å². The first kappa shape index (κ1) is 16.6. The predicted octanol–water partition coefficient (Wildman–Crippen LogP) is 0.258. The Hall–Kier alpha value is -2.49. The fourth-order valence-corrected chi connectivity index (χ4v) is 1.70. The van der Waals surface area contributed by atoms with Gasteiger partial charge in [-0.05, 0) is 20.8 Å². The minimum atomic E-state index is -0.673. The largest absolute Gasteiger partial charge is 0.353 e. The molecule has 1 heterocycles. The van der Waals surface area contributed by atoms with Crippen molar-refractivity contribution in [3.63, 3.8) is 0 Å². The van der Waals surface area contributed by atoms with Crippen LogP contribution in [0.25, 0.3) is 0 Å². The molecule has 0 saturated carbocycles. The predicted molar refractivity (Wildman–Crippen MR) is 77.6 cm³/mol. The lowest BCUT2D eigenvalue weighted by molar-refractivity contribution is -0.385. The lowest BCUT2D eigenvalue weighted by Crippen LogP contribution is -2.39. The van der Waals surface area contributed by atoms with Crippen molar-refractivity contribution in [3.05, 3.63) is 15.8 Å². The fourth-order valence-electron chi connectivity index (χ4n) is 1.70. The first-order chi connectivity index (χ1) is 9.81. The summed E-state index contributed by atoms with van der Waals surface area (Å²) in [4.78, 5) is 31.8. The quantitative estimate of drug-likeness (QED) is 0.386. The molecule has 0 aliphatic carbocycles. The molecule has 1 aromatic heterocycles. The molecule has 10 nitrogen and oxygen atoms in total. The number of hydrazine groups is 1. The van der Waals surface area contributed by atoms with Crippen LogP contribution in [0.5, 0.6) is 0 Å². The van der Waals surface area contributed by atoms with Gasteiger partial charge in [-0.15, -0.1) is 0 Å². The molecule has 0 bridgehead atoms. The third kappa shape index (κ3) is 3.75. The summed E-state index contributed by atoms with van der Waals surface area (Å²) in [5.41, 5.74) is 2.09. The van der Waals surface area contributed by atoms with E-state index in [9.17, 15) is 14.9 Å². The van der Waals surface area contributed by atoms with Gasteiger partial charge in [0.15, 0.2) is 0 Å². The Kier molecular flexibility index (Phi) is 5.36. The molecule has 1 aromatic rings. The lowest BCUT2D eigenvalue weighted by Gasteiger charge is -2.21. The highest BCUT2D eigenvalue weighted by atomic mass is 16.6. The number of rotatable bonds is 6. The van der Waals surface area contributed by atoms with Gasteiger partial charge in [0.1, 0.15) is 11.7 Å². The number of aromatic nitrogens is 2. The maximum Gasteiger partial charge on any atom is 0.332 e. The number of likely N-dealkylation sites (N-methyl/N-ethyl adjacent to an activating group) is 1. The van der Waals surface area contributed by atoms with Crippen LogP contribution in [0.3, 0.4) is 0 Å². The van der Waals surface area contributed by atoms with Crippen molar-refractivity contribution in [1.82, 2.24) is 14.9 Å². The van der Waals surface area contributed by atoms with Crippen LogP contribution in [-0.4, -0.2) is 45.3 Å². The maximum atomic E-state index is 12.0. The number of amides is 1. The molecule has 1 atom stereocenters. The average molecular weight is 297 g/mol. The SMILES string of the molecule is CCN(C)C(=O)C(C)Nc1nc(NN)nc(C)c1[N+](=O)[O-]. The number of carbonyl (C=O) groups excluding carboxylic acids is 1. The van der Waals surface area contributed by atoms with Gasteiger partial charge in [-0.25, -0.2) is 10.8 Å². The van der Waals surface area contributed by atoms with Gasteiger partial charge in [0, 0.05) is 13.6 Å². The first-order valence-corrected chi connectivity index (χ1v) is 6.32. The number of anilines is 2. The van der Waals surface area contributed by atoms with Crippen LogP contribution in [0, 0.1) is 17.0 Å². The molecule has 1 amide bonds. The molecular weight excluding hydrogens is 278 g/mol. The Morgan fingerprint density at radius 2 is 2.14 bits per heavy atom. The number of carbonyl (C=O) groups is 1. The number of nitrogen functional groups attached to an aromatic ring is 1. The monoisotopic (exact) mass is 297 g/mol. The van der Waals surface area contributed by atoms with E-state index in [1.54, 1.807) is 14.0 Å². The molecule has 0 aliphatic heterocycles. The van der Waals surface area contributed by atoms with Gasteiger partial charge in [-0.3, -0.25) is 20.3 Å². The molecule has 10 heteroatoms. The van der Waals surface area contributed by atoms with Crippen molar-refractivity contribution in [1.29, 1.82) is 0 Å². The normalized spacial score (nSPS) is 11.7. The second kappa shape index (κ2) is 6.79. The smallest absolute Gasteiger partial charge is 0.332 e. The van der Waals surface area contributed by atoms with Gasteiger partial charge in [0.2, 0.25) is 17.7 Å². The second-order valence-corrected chi connectivity index (χ2v) is 4.45. The first-order valence-electron chi connectivity index (χ1n) is 6.32.